The number of epoxide rings is 1. The summed E-state index contributed by atoms with van der Waals surface area (Å²) >= 11 is 0. The summed E-state index contributed by atoms with van der Waals surface area (Å²) in [5.74, 6) is -1.02. The highest BCUT2D eigenvalue weighted by atomic mass is 16.6. The number of esters is 1. The van der Waals surface area contributed by atoms with Crippen LogP contribution in [0.3, 0.4) is 0 Å². The number of rotatable bonds is 10. The number of allylic oxidation sites excluding steroid dienone is 2. The number of hydrogen-bond donors (Lipinski definition) is 3. The molecule has 11 heteroatoms. The third kappa shape index (κ3) is 11.5. The van der Waals surface area contributed by atoms with Gasteiger partial charge in [0.2, 0.25) is 0 Å². The lowest BCUT2D eigenvalue weighted by Crippen LogP contribution is -2.52. The van der Waals surface area contributed by atoms with Crippen LogP contribution in [0.5, 0.6) is 0 Å². The average Bonchev–Trinajstić information content (AvgIpc) is 3.77. The maximum atomic E-state index is 13.2. The molecule has 0 bridgehead atoms. The molecular weight excluding hydrogens is 604 g/mol. The van der Waals surface area contributed by atoms with Gasteiger partial charge in [0.1, 0.15) is 17.5 Å². The molecule has 1 amide bonds. The number of Topliss-reactive ketones (excluding diaryl/α,β-unsaturated/α-hetero) is 1. The number of carbonyl (C=O) groups is 3. The maximum Gasteiger partial charge on any atom is 0.410 e. The molecule has 3 aliphatic heterocycles. The Morgan fingerprint density at radius 1 is 1.19 bits per heavy atom. The van der Waals surface area contributed by atoms with Gasteiger partial charge in [0, 0.05) is 56.9 Å². The molecule has 3 N–H and O–H groups in total. The molecule has 3 heterocycles. The zero-order valence-electron chi connectivity index (χ0n) is 29.6. The summed E-state index contributed by atoms with van der Waals surface area (Å²) in [5, 5.41) is 33.0. The number of hydrogen-bond acceptors (Lipinski definition) is 10. The van der Waals surface area contributed by atoms with Gasteiger partial charge in [-0.05, 0) is 59.1 Å². The predicted molar refractivity (Wildman–Crippen MR) is 178 cm³/mol. The van der Waals surface area contributed by atoms with Crippen LogP contribution >= 0.6 is 0 Å². The second-order valence-electron chi connectivity index (χ2n) is 14.4. The van der Waals surface area contributed by atoms with E-state index in [0.717, 1.165) is 13.1 Å². The molecule has 0 aromatic carbocycles. The predicted octanol–water partition coefficient (Wildman–Crippen LogP) is 3.94. The molecule has 0 radical (unpaired) electrons. The van der Waals surface area contributed by atoms with Crippen LogP contribution in [0.15, 0.2) is 36.0 Å². The number of nitrogens with zero attached hydrogens (tertiary/aromatic N) is 2. The molecule has 9 atom stereocenters. The van der Waals surface area contributed by atoms with Gasteiger partial charge in [-0.15, -0.1) is 0 Å². The number of aliphatic hydroxyl groups is 3. The van der Waals surface area contributed by atoms with Gasteiger partial charge < -0.3 is 34.4 Å². The Hall–Kier alpha value is -2.57. The highest BCUT2D eigenvalue weighted by Gasteiger charge is 2.47. The quantitative estimate of drug-likeness (QED) is 0.136. The normalized spacial score (nSPS) is 34.2. The molecule has 11 nitrogen and oxygen atoms in total. The summed E-state index contributed by atoms with van der Waals surface area (Å²) in [6, 6.07) is 0.386. The van der Waals surface area contributed by atoms with Crippen LogP contribution in [0, 0.1) is 11.8 Å². The van der Waals surface area contributed by atoms with Crippen molar-refractivity contribution in [3.05, 3.63) is 36.0 Å². The van der Waals surface area contributed by atoms with Crippen molar-refractivity contribution in [2.75, 3.05) is 26.2 Å². The van der Waals surface area contributed by atoms with Crippen LogP contribution in [0.1, 0.15) is 87.5 Å². The zero-order valence-corrected chi connectivity index (χ0v) is 29.6. The van der Waals surface area contributed by atoms with Crippen molar-refractivity contribution in [2.24, 2.45) is 11.8 Å². The molecule has 0 aromatic rings. The summed E-state index contributed by atoms with van der Waals surface area (Å²) in [6.07, 6.45) is 5.66. The van der Waals surface area contributed by atoms with E-state index in [0.29, 0.717) is 37.5 Å². The van der Waals surface area contributed by atoms with Crippen molar-refractivity contribution < 1.29 is 43.9 Å². The lowest BCUT2D eigenvalue weighted by Gasteiger charge is -2.38. The minimum absolute atomic E-state index is 0.104. The Morgan fingerprint density at radius 3 is 2.47 bits per heavy atom. The minimum atomic E-state index is -1.49. The third-order valence-corrected chi connectivity index (χ3v) is 9.70. The smallest absolute Gasteiger partial charge is 0.410 e. The molecule has 0 spiro atoms. The number of carbonyl (C=O) groups excluding carboxylic acids is 3. The van der Waals surface area contributed by atoms with Gasteiger partial charge in [-0.2, -0.15) is 0 Å². The number of aliphatic hydroxyl groups excluding tert-OH is 1. The Kier molecular flexibility index (Phi) is 13.8. The van der Waals surface area contributed by atoms with Gasteiger partial charge in [0.25, 0.3) is 0 Å². The van der Waals surface area contributed by atoms with Crippen molar-refractivity contribution in [1.82, 2.24) is 9.80 Å². The standard InChI is InChI=1S/C36H58N2O9/c1-9-28(40)26(6)33-29(45-33)22-35(7,43)15-10-11-24(4)32-25(5)12-13-30(36(8,44)16-14-27(39)21-31(41)47-32)46-34(42)38-19-17-37(18-20-38)23(2)3/h10-13,15,23,25-27,29-30,32-33,39,43-44H,9,14,16-22H2,1-8H3/b13-12-,15-10+,24-11+. The Bertz CT molecular complexity index is 1170. The van der Waals surface area contributed by atoms with Crippen molar-refractivity contribution in [1.29, 1.82) is 0 Å². The van der Waals surface area contributed by atoms with E-state index in [9.17, 15) is 29.7 Å². The van der Waals surface area contributed by atoms with Gasteiger partial charge in [-0.1, -0.05) is 45.1 Å². The molecule has 47 heavy (non-hydrogen) atoms. The second kappa shape index (κ2) is 16.7. The number of cyclic esters (lactones) is 1. The highest BCUT2D eigenvalue weighted by Crippen LogP contribution is 2.36. The van der Waals surface area contributed by atoms with Gasteiger partial charge in [-0.3, -0.25) is 14.5 Å². The summed E-state index contributed by atoms with van der Waals surface area (Å²) in [4.78, 5) is 42.0. The third-order valence-electron chi connectivity index (χ3n) is 9.70. The Morgan fingerprint density at radius 2 is 1.85 bits per heavy atom. The second-order valence-corrected chi connectivity index (χ2v) is 14.4. The zero-order chi connectivity index (χ0) is 35.1. The van der Waals surface area contributed by atoms with Crippen LogP contribution in [-0.4, -0.2) is 117 Å². The first-order valence-electron chi connectivity index (χ1n) is 17.2. The molecule has 0 saturated carbocycles. The van der Waals surface area contributed by atoms with E-state index in [1.54, 1.807) is 49.1 Å². The van der Waals surface area contributed by atoms with E-state index in [2.05, 4.69) is 18.7 Å². The van der Waals surface area contributed by atoms with Gasteiger partial charge in [0.05, 0.1) is 30.3 Å². The van der Waals surface area contributed by atoms with Gasteiger partial charge in [0.15, 0.2) is 6.10 Å². The molecule has 266 valence electrons. The average molecular weight is 663 g/mol. The molecule has 2 fully saturated rings. The number of ether oxygens (including phenoxy) is 3. The highest BCUT2D eigenvalue weighted by molar-refractivity contribution is 5.81. The summed E-state index contributed by atoms with van der Waals surface area (Å²) in [5.41, 5.74) is -1.98. The molecule has 3 aliphatic rings. The van der Waals surface area contributed by atoms with Crippen LogP contribution in [0.2, 0.25) is 0 Å². The maximum absolute atomic E-state index is 13.2. The van der Waals surface area contributed by atoms with Crippen LogP contribution in [0.25, 0.3) is 0 Å². The van der Waals surface area contributed by atoms with Crippen molar-refractivity contribution in [3.63, 3.8) is 0 Å². The Balaban J connectivity index is 1.74. The Labute approximate surface area is 280 Å². The fraction of sp³-hybridized carbons (Fsp3) is 0.750. The number of ketones is 1. The topological polar surface area (TPSA) is 149 Å². The summed E-state index contributed by atoms with van der Waals surface area (Å²) in [7, 11) is 0. The first-order valence-corrected chi connectivity index (χ1v) is 17.2. The van der Waals surface area contributed by atoms with Crippen LogP contribution in [0.4, 0.5) is 4.79 Å². The molecule has 9 unspecified atom stereocenters. The van der Waals surface area contributed by atoms with E-state index in [1.165, 1.54) is 0 Å². The first kappa shape index (κ1) is 38.9. The van der Waals surface area contributed by atoms with Crippen molar-refractivity contribution in [2.45, 2.75) is 135 Å². The van der Waals surface area contributed by atoms with Crippen LogP contribution in [-0.2, 0) is 23.8 Å². The van der Waals surface area contributed by atoms with Gasteiger partial charge >= 0.3 is 12.1 Å². The number of piperazine rings is 1. The minimum Gasteiger partial charge on any atom is -0.457 e. The van der Waals surface area contributed by atoms with E-state index >= 15 is 0 Å². The first-order chi connectivity index (χ1) is 21.9. The SMILES string of the molecule is CCC(=O)C(C)C1OC1CC(C)(O)/C=C/C=C(\C)C1OC(=O)CC(O)CCC(C)(O)C(OC(=O)N2CCN(C(C)C)CC2)/C=C\C1C. The summed E-state index contributed by atoms with van der Waals surface area (Å²) < 4.78 is 17.4. The lowest BCUT2D eigenvalue weighted by atomic mass is 9.88. The largest absolute Gasteiger partial charge is 0.457 e. The molecule has 0 aliphatic carbocycles. The molecule has 2 saturated heterocycles. The van der Waals surface area contributed by atoms with Crippen molar-refractivity contribution in [3.8, 4) is 0 Å². The summed E-state index contributed by atoms with van der Waals surface area (Å²) in [6.45, 7) is 17.4. The van der Waals surface area contributed by atoms with E-state index in [1.807, 2.05) is 27.7 Å². The lowest BCUT2D eigenvalue weighted by molar-refractivity contribution is -0.151. The van der Waals surface area contributed by atoms with E-state index < -0.39 is 41.6 Å². The monoisotopic (exact) mass is 662 g/mol. The van der Waals surface area contributed by atoms with E-state index in [-0.39, 0.29) is 49.1 Å². The van der Waals surface area contributed by atoms with Crippen LogP contribution < -0.4 is 0 Å². The molecular formula is C36H58N2O9. The van der Waals surface area contributed by atoms with Gasteiger partial charge in [-0.25, -0.2) is 4.79 Å². The molecule has 3 rings (SSSR count). The fourth-order valence-corrected chi connectivity index (χ4v) is 6.30. The number of amides is 1. The van der Waals surface area contributed by atoms with E-state index in [4.69, 9.17) is 14.2 Å². The van der Waals surface area contributed by atoms with Crippen molar-refractivity contribution >= 4 is 17.8 Å². The fourth-order valence-electron chi connectivity index (χ4n) is 6.30. The molecule has 0 aromatic heterocycles.